The molecule has 2 rings (SSSR count). The van der Waals surface area contributed by atoms with E-state index >= 15 is 0 Å². The number of nitrogens with one attached hydrogen (secondary N) is 1. The first-order chi connectivity index (χ1) is 8.19. The molecule has 0 aromatic heterocycles. The Bertz CT molecular complexity index is 481. The molecule has 88 valence electrons. The Morgan fingerprint density at radius 3 is 2.53 bits per heavy atom. The Labute approximate surface area is 101 Å². The summed E-state index contributed by atoms with van der Waals surface area (Å²) in [4.78, 5) is 22.6. The fourth-order valence-electron chi connectivity index (χ4n) is 1.31. The normalized spacial score (nSPS) is 17.4. The summed E-state index contributed by atoms with van der Waals surface area (Å²) in [5.74, 6) is 0.157. The number of carbonyl (C=O) groups is 2. The van der Waals surface area contributed by atoms with Crippen LogP contribution < -0.4 is 10.1 Å². The average molecular weight is 251 g/mol. The van der Waals surface area contributed by atoms with Gasteiger partial charge in [0.1, 0.15) is 5.75 Å². The van der Waals surface area contributed by atoms with E-state index in [9.17, 15) is 9.59 Å². The standard InChI is InChI=1S/C11H9NO4S/c13-6-16-8-3-1-7(2-4-8)5-9-10(14)12-11(15)17-9/h1-5,13H,6H2,(H,12,14,15). The molecular weight excluding hydrogens is 242 g/mol. The molecular formula is C11H9NO4S. The summed E-state index contributed by atoms with van der Waals surface area (Å²) in [7, 11) is 0. The van der Waals surface area contributed by atoms with Crippen molar-refractivity contribution in [3.63, 3.8) is 0 Å². The lowest BCUT2D eigenvalue weighted by Gasteiger charge is -2.01. The van der Waals surface area contributed by atoms with E-state index in [0.717, 1.165) is 17.3 Å². The van der Waals surface area contributed by atoms with Crippen molar-refractivity contribution in [1.29, 1.82) is 0 Å². The van der Waals surface area contributed by atoms with Gasteiger partial charge in [-0.3, -0.25) is 14.9 Å². The fraction of sp³-hybridized carbons (Fsp3) is 0.0909. The van der Waals surface area contributed by atoms with E-state index in [4.69, 9.17) is 9.84 Å². The van der Waals surface area contributed by atoms with Crippen molar-refractivity contribution < 1.29 is 19.4 Å². The Kier molecular flexibility index (Phi) is 3.46. The van der Waals surface area contributed by atoms with Crippen LogP contribution in [0.4, 0.5) is 4.79 Å². The molecule has 0 aliphatic carbocycles. The van der Waals surface area contributed by atoms with Crippen LogP contribution >= 0.6 is 11.8 Å². The van der Waals surface area contributed by atoms with Gasteiger partial charge in [-0.15, -0.1) is 0 Å². The highest BCUT2D eigenvalue weighted by Crippen LogP contribution is 2.26. The third kappa shape index (κ3) is 2.86. The molecule has 0 bridgehead atoms. The van der Waals surface area contributed by atoms with Crippen molar-refractivity contribution in [1.82, 2.24) is 5.32 Å². The van der Waals surface area contributed by atoms with Crippen molar-refractivity contribution in [2.24, 2.45) is 0 Å². The molecule has 17 heavy (non-hydrogen) atoms. The van der Waals surface area contributed by atoms with Crippen LogP contribution in [0.25, 0.3) is 6.08 Å². The zero-order chi connectivity index (χ0) is 12.3. The first-order valence-corrected chi connectivity index (χ1v) is 5.59. The van der Waals surface area contributed by atoms with Crippen LogP contribution in [0, 0.1) is 0 Å². The van der Waals surface area contributed by atoms with Gasteiger partial charge in [-0.2, -0.15) is 0 Å². The summed E-state index contributed by atoms with van der Waals surface area (Å²) in [6, 6.07) is 6.80. The first kappa shape index (κ1) is 11.7. The van der Waals surface area contributed by atoms with E-state index in [1.807, 2.05) is 0 Å². The fourth-order valence-corrected chi connectivity index (χ4v) is 1.99. The Balaban J connectivity index is 2.16. The van der Waals surface area contributed by atoms with Crippen molar-refractivity contribution >= 4 is 29.0 Å². The number of imide groups is 1. The zero-order valence-electron chi connectivity index (χ0n) is 8.67. The van der Waals surface area contributed by atoms with E-state index in [1.54, 1.807) is 30.3 Å². The van der Waals surface area contributed by atoms with Crippen LogP contribution in [-0.2, 0) is 4.79 Å². The molecule has 1 saturated heterocycles. The van der Waals surface area contributed by atoms with E-state index in [-0.39, 0.29) is 17.9 Å². The molecule has 1 aliphatic rings. The van der Waals surface area contributed by atoms with Crippen LogP contribution in [0.1, 0.15) is 5.56 Å². The number of amides is 2. The number of hydrogen-bond acceptors (Lipinski definition) is 5. The van der Waals surface area contributed by atoms with Gasteiger partial charge in [-0.05, 0) is 35.5 Å². The molecule has 1 aliphatic heterocycles. The Morgan fingerprint density at radius 1 is 1.29 bits per heavy atom. The van der Waals surface area contributed by atoms with Gasteiger partial charge in [0.15, 0.2) is 6.79 Å². The molecule has 2 N–H and O–H groups in total. The van der Waals surface area contributed by atoms with Gasteiger partial charge in [0.25, 0.3) is 11.1 Å². The second-order valence-electron chi connectivity index (χ2n) is 3.19. The Morgan fingerprint density at radius 2 is 2.00 bits per heavy atom. The zero-order valence-corrected chi connectivity index (χ0v) is 9.49. The monoisotopic (exact) mass is 251 g/mol. The van der Waals surface area contributed by atoms with Crippen LogP contribution in [0.5, 0.6) is 5.75 Å². The summed E-state index contributed by atoms with van der Waals surface area (Å²) < 4.78 is 4.87. The SMILES string of the molecule is O=C1NC(=O)C(=Cc2ccc(OCO)cc2)S1. The molecule has 2 amide bonds. The highest BCUT2D eigenvalue weighted by atomic mass is 32.2. The molecule has 0 saturated carbocycles. The molecule has 1 heterocycles. The maximum Gasteiger partial charge on any atom is 0.290 e. The molecule has 1 aromatic rings. The van der Waals surface area contributed by atoms with Crippen LogP contribution in [0.3, 0.4) is 0 Å². The van der Waals surface area contributed by atoms with E-state index in [0.29, 0.717) is 10.7 Å². The van der Waals surface area contributed by atoms with Crippen molar-refractivity contribution in [2.45, 2.75) is 0 Å². The van der Waals surface area contributed by atoms with Gasteiger partial charge in [0.2, 0.25) is 0 Å². The minimum Gasteiger partial charge on any atom is -0.468 e. The number of aliphatic hydroxyl groups is 1. The van der Waals surface area contributed by atoms with Gasteiger partial charge in [-0.25, -0.2) is 0 Å². The lowest BCUT2D eigenvalue weighted by molar-refractivity contribution is -0.115. The van der Waals surface area contributed by atoms with Gasteiger partial charge in [0, 0.05) is 0 Å². The van der Waals surface area contributed by atoms with Gasteiger partial charge in [-0.1, -0.05) is 12.1 Å². The number of carbonyl (C=O) groups excluding carboxylic acids is 2. The van der Waals surface area contributed by atoms with E-state index < -0.39 is 0 Å². The topological polar surface area (TPSA) is 75.6 Å². The minimum atomic E-state index is -0.382. The maximum absolute atomic E-state index is 11.3. The summed E-state index contributed by atoms with van der Waals surface area (Å²) in [5, 5.41) is 10.4. The lowest BCUT2D eigenvalue weighted by Crippen LogP contribution is -2.17. The van der Waals surface area contributed by atoms with E-state index in [2.05, 4.69) is 5.32 Å². The van der Waals surface area contributed by atoms with Gasteiger partial charge >= 0.3 is 0 Å². The van der Waals surface area contributed by atoms with Crippen LogP contribution in [0.2, 0.25) is 0 Å². The van der Waals surface area contributed by atoms with Crippen molar-refractivity contribution in [3.8, 4) is 5.75 Å². The second-order valence-corrected chi connectivity index (χ2v) is 4.21. The molecule has 0 radical (unpaired) electrons. The number of rotatable bonds is 3. The number of hydrogen-bond donors (Lipinski definition) is 2. The minimum absolute atomic E-state index is 0.360. The second kappa shape index (κ2) is 5.03. The molecule has 0 unspecified atom stereocenters. The average Bonchev–Trinajstić information content (AvgIpc) is 2.61. The predicted molar refractivity (Wildman–Crippen MR) is 63.3 cm³/mol. The highest BCUT2D eigenvalue weighted by Gasteiger charge is 2.24. The largest absolute Gasteiger partial charge is 0.468 e. The smallest absolute Gasteiger partial charge is 0.290 e. The third-order valence-electron chi connectivity index (χ3n) is 2.05. The van der Waals surface area contributed by atoms with Crippen LogP contribution in [-0.4, -0.2) is 23.0 Å². The summed E-state index contributed by atoms with van der Waals surface area (Å²) in [5.41, 5.74) is 0.780. The lowest BCUT2D eigenvalue weighted by atomic mass is 10.2. The number of thioether (sulfide) groups is 1. The van der Waals surface area contributed by atoms with Crippen molar-refractivity contribution in [2.75, 3.05) is 6.79 Å². The molecule has 0 atom stereocenters. The third-order valence-corrected chi connectivity index (χ3v) is 2.86. The maximum atomic E-state index is 11.3. The summed E-state index contributed by atoms with van der Waals surface area (Å²) >= 11 is 0.873. The predicted octanol–water partition coefficient (Wildman–Crippen LogP) is 1.34. The summed E-state index contributed by atoms with van der Waals surface area (Å²) in [6.07, 6.45) is 1.62. The molecule has 1 aromatic carbocycles. The van der Waals surface area contributed by atoms with Crippen molar-refractivity contribution in [3.05, 3.63) is 34.7 Å². The van der Waals surface area contributed by atoms with Crippen LogP contribution in [0.15, 0.2) is 29.2 Å². The number of ether oxygens (including phenoxy) is 1. The molecule has 6 heteroatoms. The molecule has 0 spiro atoms. The van der Waals surface area contributed by atoms with E-state index in [1.165, 1.54) is 0 Å². The molecule has 1 fully saturated rings. The number of benzene rings is 1. The van der Waals surface area contributed by atoms with Gasteiger partial charge in [0.05, 0.1) is 4.91 Å². The van der Waals surface area contributed by atoms with Gasteiger partial charge < -0.3 is 9.84 Å². The molecule has 5 nitrogen and oxygen atoms in total. The summed E-state index contributed by atoms with van der Waals surface area (Å²) in [6.45, 7) is -0.382. The first-order valence-electron chi connectivity index (χ1n) is 4.77. The quantitative estimate of drug-likeness (QED) is 0.626. The number of aliphatic hydroxyl groups excluding tert-OH is 1. The highest BCUT2D eigenvalue weighted by molar-refractivity contribution is 8.18. The Hall–Kier alpha value is -1.79.